The van der Waals surface area contributed by atoms with Crippen LogP contribution in [0.1, 0.15) is 68.5 Å². The van der Waals surface area contributed by atoms with Gasteiger partial charge in [-0.15, -0.1) is 0 Å². The molecule has 3 atom stereocenters. The molecule has 1 aromatic carbocycles. The third-order valence-electron chi connectivity index (χ3n) is 5.71. The van der Waals surface area contributed by atoms with Gasteiger partial charge in [-0.25, -0.2) is 4.39 Å². The van der Waals surface area contributed by atoms with Gasteiger partial charge in [-0.2, -0.15) is 0 Å². The van der Waals surface area contributed by atoms with E-state index in [9.17, 15) is 9.18 Å². The van der Waals surface area contributed by atoms with Crippen molar-refractivity contribution in [2.75, 3.05) is 0 Å². The van der Waals surface area contributed by atoms with Crippen LogP contribution >= 0.6 is 0 Å². The quantitative estimate of drug-likeness (QED) is 0.682. The molecule has 26 heavy (non-hydrogen) atoms. The Bertz CT molecular complexity index is 778. The minimum atomic E-state index is -0.245. The molecule has 1 amide bonds. The fraction of sp³-hybridized carbons (Fsp3) is 0.500. The lowest BCUT2D eigenvalue weighted by Crippen LogP contribution is -2.33. The van der Waals surface area contributed by atoms with Gasteiger partial charge in [0.25, 0.3) is 0 Å². The van der Waals surface area contributed by atoms with Crippen LogP contribution in [-0.2, 0) is 11.3 Å². The average molecular weight is 355 g/mol. The summed E-state index contributed by atoms with van der Waals surface area (Å²) in [5.41, 5.74) is 0.999. The van der Waals surface area contributed by atoms with Gasteiger partial charge < -0.3 is 9.32 Å². The lowest BCUT2D eigenvalue weighted by Gasteiger charge is -2.23. The molecule has 0 radical (unpaired) electrons. The van der Waals surface area contributed by atoms with E-state index in [2.05, 4.69) is 13.0 Å². The van der Waals surface area contributed by atoms with Crippen LogP contribution < -0.4 is 0 Å². The van der Waals surface area contributed by atoms with Crippen molar-refractivity contribution >= 4 is 5.91 Å². The molecule has 1 heterocycles. The average Bonchev–Trinajstić information content (AvgIpc) is 3.53. The normalized spacial score (nSPS) is 22.9. The topological polar surface area (TPSA) is 33.5 Å². The summed E-state index contributed by atoms with van der Waals surface area (Å²) in [6.07, 6.45) is 3.79. The van der Waals surface area contributed by atoms with Gasteiger partial charge in [0.15, 0.2) is 0 Å². The van der Waals surface area contributed by atoms with Crippen LogP contribution in [0.3, 0.4) is 0 Å². The van der Waals surface area contributed by atoms with E-state index in [-0.39, 0.29) is 17.6 Å². The van der Waals surface area contributed by atoms with Crippen molar-refractivity contribution in [2.45, 2.75) is 64.0 Å². The monoisotopic (exact) mass is 355 g/mol. The van der Waals surface area contributed by atoms with E-state index >= 15 is 0 Å². The Morgan fingerprint density at radius 2 is 1.92 bits per heavy atom. The van der Waals surface area contributed by atoms with Crippen molar-refractivity contribution in [2.24, 2.45) is 5.92 Å². The Balaban J connectivity index is 1.40. The summed E-state index contributed by atoms with van der Waals surface area (Å²) in [4.78, 5) is 14.9. The first kappa shape index (κ1) is 17.3. The van der Waals surface area contributed by atoms with Gasteiger partial charge in [-0.05, 0) is 60.9 Å². The van der Waals surface area contributed by atoms with Gasteiger partial charge in [-0.3, -0.25) is 4.79 Å². The summed E-state index contributed by atoms with van der Waals surface area (Å²) in [5, 5.41) is 0. The minimum absolute atomic E-state index is 0.0730. The van der Waals surface area contributed by atoms with Gasteiger partial charge in [0.05, 0.1) is 6.54 Å². The molecule has 0 spiro atoms. The van der Waals surface area contributed by atoms with Gasteiger partial charge >= 0.3 is 0 Å². The molecule has 138 valence electrons. The van der Waals surface area contributed by atoms with Crippen molar-refractivity contribution < 1.29 is 13.6 Å². The van der Waals surface area contributed by atoms with Crippen LogP contribution in [0.2, 0.25) is 0 Å². The number of halogens is 1. The molecule has 0 bridgehead atoms. The van der Waals surface area contributed by atoms with Crippen molar-refractivity contribution in [3.8, 4) is 0 Å². The minimum Gasteiger partial charge on any atom is -0.464 e. The van der Waals surface area contributed by atoms with Gasteiger partial charge in [-0.1, -0.05) is 26.0 Å². The highest BCUT2D eigenvalue weighted by atomic mass is 19.1. The Morgan fingerprint density at radius 3 is 2.54 bits per heavy atom. The van der Waals surface area contributed by atoms with E-state index in [1.807, 2.05) is 17.9 Å². The molecular weight excluding hydrogens is 329 g/mol. The van der Waals surface area contributed by atoms with Crippen molar-refractivity contribution in [3.63, 3.8) is 0 Å². The number of hydrogen-bond acceptors (Lipinski definition) is 2. The van der Waals surface area contributed by atoms with E-state index in [4.69, 9.17) is 4.42 Å². The zero-order chi connectivity index (χ0) is 18.3. The largest absolute Gasteiger partial charge is 0.464 e. The molecule has 2 fully saturated rings. The Kier molecular flexibility index (Phi) is 4.60. The maximum atomic E-state index is 13.1. The molecule has 3 nitrogen and oxygen atoms in total. The Labute approximate surface area is 154 Å². The second-order valence-corrected chi connectivity index (χ2v) is 8.03. The Morgan fingerprint density at radius 1 is 1.23 bits per heavy atom. The fourth-order valence-electron chi connectivity index (χ4n) is 3.66. The second kappa shape index (κ2) is 6.90. The molecule has 3 unspecified atom stereocenters. The van der Waals surface area contributed by atoms with E-state index < -0.39 is 0 Å². The highest BCUT2D eigenvalue weighted by Gasteiger charge is 2.37. The first-order valence-corrected chi connectivity index (χ1v) is 9.65. The number of carbonyl (C=O) groups is 1. The maximum Gasteiger partial charge on any atom is 0.223 e. The highest BCUT2D eigenvalue weighted by molar-refractivity contribution is 5.77. The van der Waals surface area contributed by atoms with Crippen LogP contribution in [0, 0.1) is 11.7 Å². The van der Waals surface area contributed by atoms with E-state index in [0.717, 1.165) is 29.9 Å². The molecular formula is C22H26FNO2. The predicted molar refractivity (Wildman–Crippen MR) is 98.2 cm³/mol. The second-order valence-electron chi connectivity index (χ2n) is 8.03. The van der Waals surface area contributed by atoms with Gasteiger partial charge in [0, 0.05) is 18.4 Å². The zero-order valence-electron chi connectivity index (χ0n) is 15.5. The summed E-state index contributed by atoms with van der Waals surface area (Å²) in [6, 6.07) is 10.9. The van der Waals surface area contributed by atoms with E-state index in [1.54, 1.807) is 12.1 Å². The number of nitrogens with zero attached hydrogens (tertiary/aromatic N) is 1. The first-order valence-electron chi connectivity index (χ1n) is 9.65. The number of rotatable bonds is 7. The fourth-order valence-corrected chi connectivity index (χ4v) is 3.66. The maximum absolute atomic E-state index is 13.1. The lowest BCUT2D eigenvalue weighted by molar-refractivity contribution is -0.133. The van der Waals surface area contributed by atoms with Crippen LogP contribution in [0.5, 0.6) is 0 Å². The number of benzene rings is 1. The van der Waals surface area contributed by atoms with E-state index in [0.29, 0.717) is 30.8 Å². The standard InChI is InChI=1S/C22H26FNO2/c1-14(16-3-5-17(23)6-4-16)12-22(25)24(18-7-8-18)13-19-9-10-21(26-19)20-11-15(20)2/h3-6,9-10,14-15,18,20H,7-8,11-13H2,1-2H3. The zero-order valence-corrected chi connectivity index (χ0v) is 15.5. The van der Waals surface area contributed by atoms with Crippen molar-refractivity contribution in [3.05, 3.63) is 59.3 Å². The summed E-state index contributed by atoms with van der Waals surface area (Å²) < 4.78 is 19.1. The summed E-state index contributed by atoms with van der Waals surface area (Å²) in [5.74, 6) is 3.21. The van der Waals surface area contributed by atoms with Crippen molar-refractivity contribution in [1.82, 2.24) is 4.90 Å². The third kappa shape index (κ3) is 3.84. The summed E-state index contributed by atoms with van der Waals surface area (Å²) >= 11 is 0. The SMILES string of the molecule is CC(CC(=O)N(Cc1ccc(C2CC2C)o1)C1CC1)c1ccc(F)cc1. The smallest absolute Gasteiger partial charge is 0.223 e. The number of carbonyl (C=O) groups excluding carboxylic acids is 1. The molecule has 0 N–H and O–H groups in total. The van der Waals surface area contributed by atoms with Crippen LogP contribution in [0.15, 0.2) is 40.8 Å². The predicted octanol–water partition coefficient (Wildman–Crippen LogP) is 5.23. The molecule has 4 heteroatoms. The van der Waals surface area contributed by atoms with Gasteiger partial charge in [0.1, 0.15) is 17.3 Å². The molecule has 2 saturated carbocycles. The highest BCUT2D eigenvalue weighted by Crippen LogP contribution is 2.47. The molecule has 0 saturated heterocycles. The number of amides is 1. The number of hydrogen-bond donors (Lipinski definition) is 0. The number of furan rings is 1. The summed E-state index contributed by atoms with van der Waals surface area (Å²) in [6.45, 7) is 4.82. The molecule has 4 rings (SSSR count). The Hall–Kier alpha value is -2.10. The van der Waals surface area contributed by atoms with Crippen molar-refractivity contribution in [1.29, 1.82) is 0 Å². The molecule has 2 aliphatic carbocycles. The molecule has 2 aromatic rings. The molecule has 2 aliphatic rings. The molecule has 0 aliphatic heterocycles. The molecule has 1 aromatic heterocycles. The third-order valence-corrected chi connectivity index (χ3v) is 5.71. The first-order chi connectivity index (χ1) is 12.5. The van der Waals surface area contributed by atoms with Crippen LogP contribution in [-0.4, -0.2) is 16.8 Å². The van der Waals surface area contributed by atoms with Crippen LogP contribution in [0.4, 0.5) is 4.39 Å². The summed E-state index contributed by atoms with van der Waals surface area (Å²) in [7, 11) is 0. The lowest BCUT2D eigenvalue weighted by atomic mass is 9.97. The van der Waals surface area contributed by atoms with Crippen LogP contribution in [0.25, 0.3) is 0 Å². The van der Waals surface area contributed by atoms with E-state index in [1.165, 1.54) is 18.6 Å². The van der Waals surface area contributed by atoms with Gasteiger partial charge in [0.2, 0.25) is 5.91 Å².